The lowest BCUT2D eigenvalue weighted by Crippen LogP contribution is -2.22. The molecule has 4 nitrogen and oxygen atoms in total. The van der Waals surface area contributed by atoms with Gasteiger partial charge < -0.3 is 10.4 Å². The minimum atomic E-state index is -0.926. The zero-order chi connectivity index (χ0) is 13.7. The summed E-state index contributed by atoms with van der Waals surface area (Å²) >= 11 is 0. The van der Waals surface area contributed by atoms with Crippen LogP contribution in [0.15, 0.2) is 18.3 Å². The average molecular weight is 262 g/mol. The standard InChI is InChI=1S/C15H22N2O2/c1-2-11-5-7-12(8-6-11)10-17-14-13(15(18)19)4-3-9-16-14/h3-4,9,11-12H,2,5-8,10H2,1H3,(H,16,17)(H,18,19). The maximum atomic E-state index is 11.1. The van der Waals surface area contributed by atoms with Crippen molar-refractivity contribution in [3.63, 3.8) is 0 Å². The molecule has 0 radical (unpaired) electrons. The van der Waals surface area contributed by atoms with Crippen LogP contribution in [0.2, 0.25) is 0 Å². The second-order valence-electron chi connectivity index (χ2n) is 5.38. The first-order valence-corrected chi connectivity index (χ1v) is 7.13. The van der Waals surface area contributed by atoms with E-state index in [1.54, 1.807) is 18.3 Å². The molecular weight excluding hydrogens is 240 g/mol. The molecule has 0 amide bonds. The van der Waals surface area contributed by atoms with Crippen molar-refractivity contribution in [3.05, 3.63) is 23.9 Å². The zero-order valence-corrected chi connectivity index (χ0v) is 11.4. The van der Waals surface area contributed by atoms with Gasteiger partial charge in [0.1, 0.15) is 11.4 Å². The van der Waals surface area contributed by atoms with Gasteiger partial charge in [0.25, 0.3) is 0 Å². The molecule has 0 bridgehead atoms. The Balaban J connectivity index is 1.88. The van der Waals surface area contributed by atoms with Gasteiger partial charge in [0.15, 0.2) is 0 Å². The van der Waals surface area contributed by atoms with E-state index in [4.69, 9.17) is 5.11 Å². The van der Waals surface area contributed by atoms with E-state index in [1.165, 1.54) is 32.1 Å². The average Bonchev–Trinajstić information content (AvgIpc) is 2.46. The number of rotatable bonds is 5. The highest BCUT2D eigenvalue weighted by Gasteiger charge is 2.20. The second-order valence-corrected chi connectivity index (χ2v) is 5.38. The van der Waals surface area contributed by atoms with E-state index in [1.807, 2.05) is 0 Å². The number of hydrogen-bond donors (Lipinski definition) is 2. The minimum Gasteiger partial charge on any atom is -0.478 e. The normalized spacial score (nSPS) is 23.0. The molecule has 0 aromatic carbocycles. The van der Waals surface area contributed by atoms with Gasteiger partial charge in [-0.25, -0.2) is 9.78 Å². The topological polar surface area (TPSA) is 62.2 Å². The van der Waals surface area contributed by atoms with Crippen LogP contribution in [0.3, 0.4) is 0 Å². The van der Waals surface area contributed by atoms with Crippen molar-refractivity contribution in [2.24, 2.45) is 11.8 Å². The lowest BCUT2D eigenvalue weighted by atomic mass is 9.81. The Morgan fingerprint density at radius 2 is 2.05 bits per heavy atom. The summed E-state index contributed by atoms with van der Waals surface area (Å²) in [7, 11) is 0. The van der Waals surface area contributed by atoms with Crippen LogP contribution in [0.25, 0.3) is 0 Å². The number of hydrogen-bond acceptors (Lipinski definition) is 3. The van der Waals surface area contributed by atoms with Crippen molar-refractivity contribution in [2.75, 3.05) is 11.9 Å². The molecule has 1 heterocycles. The van der Waals surface area contributed by atoms with E-state index in [-0.39, 0.29) is 5.56 Å². The SMILES string of the molecule is CCC1CCC(CNc2ncccc2C(=O)O)CC1. The molecule has 0 aliphatic heterocycles. The highest BCUT2D eigenvalue weighted by atomic mass is 16.4. The molecule has 0 spiro atoms. The first-order chi connectivity index (χ1) is 9.20. The number of aromatic nitrogens is 1. The maximum Gasteiger partial charge on any atom is 0.339 e. The maximum absolute atomic E-state index is 11.1. The molecule has 0 saturated heterocycles. The van der Waals surface area contributed by atoms with Crippen molar-refractivity contribution < 1.29 is 9.90 Å². The van der Waals surface area contributed by atoms with Gasteiger partial charge in [-0.3, -0.25) is 0 Å². The quantitative estimate of drug-likeness (QED) is 0.853. The summed E-state index contributed by atoms with van der Waals surface area (Å²) in [5.74, 6) is 1.10. The lowest BCUT2D eigenvalue weighted by Gasteiger charge is -2.28. The molecule has 2 rings (SSSR count). The predicted molar refractivity (Wildman–Crippen MR) is 75.4 cm³/mol. The molecule has 2 N–H and O–H groups in total. The summed E-state index contributed by atoms with van der Waals surface area (Å²) in [6.45, 7) is 3.09. The van der Waals surface area contributed by atoms with Gasteiger partial charge in [0.05, 0.1) is 0 Å². The summed E-state index contributed by atoms with van der Waals surface area (Å²) in [6.07, 6.45) is 7.99. The number of pyridine rings is 1. The molecule has 1 aromatic heterocycles. The summed E-state index contributed by atoms with van der Waals surface area (Å²) in [6, 6.07) is 3.24. The third-order valence-electron chi connectivity index (χ3n) is 4.14. The number of nitrogens with zero attached hydrogens (tertiary/aromatic N) is 1. The van der Waals surface area contributed by atoms with Crippen LogP contribution in [0.1, 0.15) is 49.4 Å². The van der Waals surface area contributed by atoms with Crippen LogP contribution in [0.5, 0.6) is 0 Å². The molecule has 104 valence electrons. The molecule has 1 saturated carbocycles. The van der Waals surface area contributed by atoms with Crippen LogP contribution >= 0.6 is 0 Å². The zero-order valence-electron chi connectivity index (χ0n) is 11.4. The van der Waals surface area contributed by atoms with Crippen molar-refractivity contribution in [3.8, 4) is 0 Å². The van der Waals surface area contributed by atoms with E-state index in [9.17, 15) is 4.79 Å². The van der Waals surface area contributed by atoms with Crippen LogP contribution in [-0.2, 0) is 0 Å². The fraction of sp³-hybridized carbons (Fsp3) is 0.600. The Kier molecular flexibility index (Phi) is 4.77. The fourth-order valence-corrected chi connectivity index (χ4v) is 2.80. The second kappa shape index (κ2) is 6.55. The van der Waals surface area contributed by atoms with Gasteiger partial charge in [-0.1, -0.05) is 26.2 Å². The Morgan fingerprint density at radius 3 is 2.68 bits per heavy atom. The largest absolute Gasteiger partial charge is 0.478 e. The van der Waals surface area contributed by atoms with Gasteiger partial charge in [-0.15, -0.1) is 0 Å². The smallest absolute Gasteiger partial charge is 0.339 e. The summed E-state index contributed by atoms with van der Waals surface area (Å²) in [5.41, 5.74) is 0.254. The molecule has 0 atom stereocenters. The highest BCUT2D eigenvalue weighted by Crippen LogP contribution is 2.30. The number of aromatic carboxylic acids is 1. The first kappa shape index (κ1) is 13.8. The summed E-state index contributed by atoms with van der Waals surface area (Å²) in [4.78, 5) is 15.2. The van der Waals surface area contributed by atoms with Crippen molar-refractivity contribution in [1.82, 2.24) is 4.98 Å². The molecule has 0 unspecified atom stereocenters. The number of carboxylic acids is 1. The van der Waals surface area contributed by atoms with E-state index >= 15 is 0 Å². The third kappa shape index (κ3) is 3.69. The van der Waals surface area contributed by atoms with Crippen molar-refractivity contribution >= 4 is 11.8 Å². The number of carboxylic acid groups (broad SMARTS) is 1. The van der Waals surface area contributed by atoms with Gasteiger partial charge >= 0.3 is 5.97 Å². The summed E-state index contributed by atoms with van der Waals surface area (Å²) < 4.78 is 0. The molecule has 1 aliphatic carbocycles. The number of nitrogens with one attached hydrogen (secondary N) is 1. The molecular formula is C15H22N2O2. The van der Waals surface area contributed by atoms with E-state index in [2.05, 4.69) is 17.2 Å². The number of anilines is 1. The van der Waals surface area contributed by atoms with Gasteiger partial charge in [0, 0.05) is 12.7 Å². The molecule has 19 heavy (non-hydrogen) atoms. The van der Waals surface area contributed by atoms with Gasteiger partial charge in [0.2, 0.25) is 0 Å². The minimum absolute atomic E-state index is 0.254. The van der Waals surface area contributed by atoms with Gasteiger partial charge in [-0.2, -0.15) is 0 Å². The van der Waals surface area contributed by atoms with Crippen LogP contribution in [0.4, 0.5) is 5.82 Å². The van der Waals surface area contributed by atoms with Crippen LogP contribution < -0.4 is 5.32 Å². The Bertz CT molecular complexity index is 426. The molecule has 1 aromatic rings. The highest BCUT2D eigenvalue weighted by molar-refractivity contribution is 5.92. The van der Waals surface area contributed by atoms with Gasteiger partial charge in [-0.05, 0) is 36.8 Å². The molecule has 1 fully saturated rings. The molecule has 1 aliphatic rings. The Labute approximate surface area is 114 Å². The van der Waals surface area contributed by atoms with E-state index < -0.39 is 5.97 Å². The predicted octanol–water partition coefficient (Wildman–Crippen LogP) is 3.41. The van der Waals surface area contributed by atoms with Crippen molar-refractivity contribution in [1.29, 1.82) is 0 Å². The summed E-state index contributed by atoms with van der Waals surface area (Å²) in [5, 5.41) is 12.3. The van der Waals surface area contributed by atoms with E-state index in [0.29, 0.717) is 11.7 Å². The Hall–Kier alpha value is -1.58. The van der Waals surface area contributed by atoms with E-state index in [0.717, 1.165) is 12.5 Å². The van der Waals surface area contributed by atoms with Crippen LogP contribution in [-0.4, -0.2) is 22.6 Å². The van der Waals surface area contributed by atoms with Crippen LogP contribution in [0, 0.1) is 11.8 Å². The molecule has 4 heteroatoms. The fourth-order valence-electron chi connectivity index (χ4n) is 2.80. The van der Waals surface area contributed by atoms with Crippen molar-refractivity contribution in [2.45, 2.75) is 39.0 Å². The third-order valence-corrected chi connectivity index (χ3v) is 4.14. The number of carbonyl (C=O) groups is 1. The Morgan fingerprint density at radius 1 is 1.37 bits per heavy atom. The monoisotopic (exact) mass is 262 g/mol. The lowest BCUT2D eigenvalue weighted by molar-refractivity contribution is 0.0697. The first-order valence-electron chi connectivity index (χ1n) is 7.13.